The van der Waals surface area contributed by atoms with Gasteiger partial charge in [0.05, 0.1) is 0 Å². The summed E-state index contributed by atoms with van der Waals surface area (Å²) in [5.41, 5.74) is 0.175. The van der Waals surface area contributed by atoms with Gasteiger partial charge in [-0.3, -0.25) is 4.79 Å². The van der Waals surface area contributed by atoms with Gasteiger partial charge < -0.3 is 10.6 Å². The molecule has 2 N–H and O–H groups in total. The predicted octanol–water partition coefficient (Wildman–Crippen LogP) is 2.50. The molecule has 1 aromatic carbocycles. The minimum Gasteiger partial charge on any atom is -0.352 e. The molecule has 5 heteroatoms. The number of halogens is 2. The number of carbonyl (C=O) groups is 1. The molecule has 1 aliphatic rings. The second kappa shape index (κ2) is 7.33. The zero-order chi connectivity index (χ0) is 14.4. The Morgan fingerprint density at radius 1 is 1.35 bits per heavy atom. The van der Waals surface area contributed by atoms with E-state index in [1.807, 2.05) is 0 Å². The average Bonchev–Trinajstić information content (AvgIpc) is 2.47. The number of hydrogen-bond acceptors (Lipinski definition) is 2. The van der Waals surface area contributed by atoms with Crippen molar-refractivity contribution in [2.45, 2.75) is 44.7 Å². The molecule has 1 aromatic rings. The van der Waals surface area contributed by atoms with Gasteiger partial charge in [0.25, 0.3) is 0 Å². The molecule has 2 rings (SSSR count). The Hall–Kier alpha value is -1.49. The highest BCUT2D eigenvalue weighted by Crippen LogP contribution is 2.12. The van der Waals surface area contributed by atoms with Crippen LogP contribution >= 0.6 is 0 Å². The molecule has 3 nitrogen and oxygen atoms in total. The van der Waals surface area contributed by atoms with Crippen LogP contribution < -0.4 is 10.6 Å². The summed E-state index contributed by atoms with van der Waals surface area (Å²) in [4.78, 5) is 11.7. The largest absolute Gasteiger partial charge is 0.352 e. The summed E-state index contributed by atoms with van der Waals surface area (Å²) >= 11 is 0. The molecule has 1 amide bonds. The predicted molar refractivity (Wildman–Crippen MR) is 73.1 cm³/mol. The van der Waals surface area contributed by atoms with E-state index in [4.69, 9.17) is 0 Å². The zero-order valence-corrected chi connectivity index (χ0v) is 11.4. The van der Waals surface area contributed by atoms with Crippen LogP contribution in [0.4, 0.5) is 8.78 Å². The number of rotatable bonds is 5. The molecule has 110 valence electrons. The molecule has 1 saturated heterocycles. The molecule has 0 aliphatic carbocycles. The van der Waals surface area contributed by atoms with Gasteiger partial charge in [-0.25, -0.2) is 8.78 Å². The van der Waals surface area contributed by atoms with Crippen LogP contribution in [-0.2, 0) is 11.3 Å². The summed E-state index contributed by atoms with van der Waals surface area (Å²) in [7, 11) is 0. The maximum atomic E-state index is 13.4. The first-order valence-electron chi connectivity index (χ1n) is 7.09. The Bertz CT molecular complexity index is 459. The third kappa shape index (κ3) is 4.56. The minimum atomic E-state index is -0.499. The van der Waals surface area contributed by atoms with Crippen molar-refractivity contribution in [3.05, 3.63) is 35.4 Å². The molecule has 1 aliphatic heterocycles. The fourth-order valence-electron chi connectivity index (χ4n) is 2.44. The van der Waals surface area contributed by atoms with Crippen LogP contribution in [0.25, 0.3) is 0 Å². The van der Waals surface area contributed by atoms with E-state index in [0.29, 0.717) is 12.5 Å². The number of piperidine rings is 1. The van der Waals surface area contributed by atoms with E-state index in [1.165, 1.54) is 12.8 Å². The van der Waals surface area contributed by atoms with Crippen molar-refractivity contribution in [3.8, 4) is 0 Å². The first kappa shape index (κ1) is 14.9. The third-order valence-electron chi connectivity index (χ3n) is 3.62. The summed E-state index contributed by atoms with van der Waals surface area (Å²) in [6.45, 7) is 1.04. The Morgan fingerprint density at radius 2 is 2.20 bits per heavy atom. The van der Waals surface area contributed by atoms with Gasteiger partial charge in [-0.2, -0.15) is 0 Å². The normalized spacial score (nSPS) is 18.8. The van der Waals surface area contributed by atoms with Crippen LogP contribution in [0.15, 0.2) is 18.2 Å². The zero-order valence-electron chi connectivity index (χ0n) is 11.4. The molecule has 0 spiro atoms. The summed E-state index contributed by atoms with van der Waals surface area (Å²) in [6, 6.07) is 3.65. The van der Waals surface area contributed by atoms with E-state index in [1.54, 1.807) is 0 Å². The summed E-state index contributed by atoms with van der Waals surface area (Å²) < 4.78 is 26.3. The maximum Gasteiger partial charge on any atom is 0.220 e. The fraction of sp³-hybridized carbons (Fsp3) is 0.533. The monoisotopic (exact) mass is 282 g/mol. The van der Waals surface area contributed by atoms with E-state index in [2.05, 4.69) is 10.6 Å². The second-order valence-corrected chi connectivity index (χ2v) is 5.20. The van der Waals surface area contributed by atoms with Gasteiger partial charge in [-0.15, -0.1) is 0 Å². The lowest BCUT2D eigenvalue weighted by Gasteiger charge is -2.23. The lowest BCUT2D eigenvalue weighted by Crippen LogP contribution is -2.35. The Morgan fingerprint density at radius 3 is 2.95 bits per heavy atom. The smallest absolute Gasteiger partial charge is 0.220 e. The molecular weight excluding hydrogens is 262 g/mol. The van der Waals surface area contributed by atoms with Gasteiger partial charge in [0.2, 0.25) is 5.91 Å². The molecule has 0 radical (unpaired) electrons. The molecular formula is C15H20F2N2O. The first-order chi connectivity index (χ1) is 9.65. The molecule has 0 aromatic heterocycles. The fourth-order valence-corrected chi connectivity index (χ4v) is 2.44. The van der Waals surface area contributed by atoms with E-state index in [9.17, 15) is 13.6 Å². The van der Waals surface area contributed by atoms with Crippen LogP contribution in [-0.4, -0.2) is 18.5 Å². The molecule has 1 heterocycles. The number of carbonyl (C=O) groups excluding carboxylic acids is 1. The summed E-state index contributed by atoms with van der Waals surface area (Å²) in [5.74, 6) is -1.12. The third-order valence-corrected chi connectivity index (χ3v) is 3.62. The maximum absolute atomic E-state index is 13.4. The lowest BCUT2D eigenvalue weighted by molar-refractivity contribution is -0.121. The molecule has 1 fully saturated rings. The Balaban J connectivity index is 1.73. The molecule has 1 atom stereocenters. The highest BCUT2D eigenvalue weighted by molar-refractivity contribution is 5.75. The van der Waals surface area contributed by atoms with Crippen molar-refractivity contribution in [2.24, 2.45) is 0 Å². The highest BCUT2D eigenvalue weighted by atomic mass is 19.1. The van der Waals surface area contributed by atoms with E-state index < -0.39 is 11.6 Å². The highest BCUT2D eigenvalue weighted by Gasteiger charge is 2.14. The number of nitrogens with one attached hydrogen (secondary N) is 2. The first-order valence-corrected chi connectivity index (χ1v) is 7.09. The molecule has 1 unspecified atom stereocenters. The average molecular weight is 282 g/mol. The standard InChI is InChI=1S/C15H20F2N2O/c16-12-4-6-14(17)11(9-12)10-19-15(20)7-5-13-3-1-2-8-18-13/h4,6,9,13,18H,1-3,5,7-8,10H2,(H,19,20). The van der Waals surface area contributed by atoms with Crippen LogP contribution in [0.1, 0.15) is 37.7 Å². The van der Waals surface area contributed by atoms with Crippen LogP contribution in [0.5, 0.6) is 0 Å². The van der Waals surface area contributed by atoms with Gasteiger partial charge in [0, 0.05) is 24.6 Å². The Labute approximate surface area is 117 Å². The SMILES string of the molecule is O=C(CCC1CCCCN1)NCc1cc(F)ccc1F. The number of benzene rings is 1. The second-order valence-electron chi connectivity index (χ2n) is 5.20. The van der Waals surface area contributed by atoms with E-state index in [0.717, 1.165) is 37.6 Å². The molecule has 0 bridgehead atoms. The van der Waals surface area contributed by atoms with Crippen LogP contribution in [0.3, 0.4) is 0 Å². The van der Waals surface area contributed by atoms with E-state index in [-0.39, 0.29) is 18.0 Å². The van der Waals surface area contributed by atoms with Gasteiger partial charge in [0.1, 0.15) is 11.6 Å². The van der Waals surface area contributed by atoms with Gasteiger partial charge in [0.15, 0.2) is 0 Å². The van der Waals surface area contributed by atoms with Crippen molar-refractivity contribution < 1.29 is 13.6 Å². The van der Waals surface area contributed by atoms with Crippen molar-refractivity contribution in [1.82, 2.24) is 10.6 Å². The van der Waals surface area contributed by atoms with Crippen molar-refractivity contribution in [1.29, 1.82) is 0 Å². The van der Waals surface area contributed by atoms with Crippen molar-refractivity contribution in [2.75, 3.05) is 6.54 Å². The van der Waals surface area contributed by atoms with E-state index >= 15 is 0 Å². The quantitative estimate of drug-likeness (QED) is 0.871. The van der Waals surface area contributed by atoms with Crippen molar-refractivity contribution in [3.63, 3.8) is 0 Å². The molecule has 20 heavy (non-hydrogen) atoms. The minimum absolute atomic E-state index is 0.0283. The Kier molecular flexibility index (Phi) is 5.47. The number of amides is 1. The number of hydrogen-bond donors (Lipinski definition) is 2. The van der Waals surface area contributed by atoms with Crippen molar-refractivity contribution >= 4 is 5.91 Å². The van der Waals surface area contributed by atoms with Gasteiger partial charge >= 0.3 is 0 Å². The van der Waals surface area contributed by atoms with Gasteiger partial charge in [-0.1, -0.05) is 6.42 Å². The summed E-state index contributed by atoms with van der Waals surface area (Å²) in [5, 5.41) is 6.01. The van der Waals surface area contributed by atoms with Crippen LogP contribution in [0.2, 0.25) is 0 Å². The molecule has 0 saturated carbocycles. The van der Waals surface area contributed by atoms with Crippen LogP contribution in [0, 0.1) is 11.6 Å². The lowest BCUT2D eigenvalue weighted by atomic mass is 10.0. The topological polar surface area (TPSA) is 41.1 Å². The summed E-state index contributed by atoms with van der Waals surface area (Å²) in [6.07, 6.45) is 4.70. The van der Waals surface area contributed by atoms with Gasteiger partial charge in [-0.05, 0) is 44.0 Å².